The zero-order valence-electron chi connectivity index (χ0n) is 15.5. The zero-order valence-corrected chi connectivity index (χ0v) is 17.9. The lowest BCUT2D eigenvalue weighted by atomic mass is 10.2. The van der Waals surface area contributed by atoms with Crippen LogP contribution < -0.4 is 10.1 Å². The molecule has 2 aromatic rings. The molecule has 0 spiro atoms. The van der Waals surface area contributed by atoms with Crippen molar-refractivity contribution in [3.05, 3.63) is 53.0 Å². The van der Waals surface area contributed by atoms with Crippen LogP contribution in [0.2, 0.25) is 0 Å². The van der Waals surface area contributed by atoms with Crippen molar-refractivity contribution in [2.45, 2.75) is 18.6 Å². The first-order chi connectivity index (χ1) is 13.5. The number of rotatable bonds is 5. The van der Waals surface area contributed by atoms with Gasteiger partial charge < -0.3 is 10.1 Å². The number of amides is 2. The van der Waals surface area contributed by atoms with Gasteiger partial charge in [0, 0.05) is 29.7 Å². The van der Waals surface area contributed by atoms with Crippen LogP contribution in [0, 0.1) is 0 Å². The van der Waals surface area contributed by atoms with Crippen molar-refractivity contribution >= 4 is 56.0 Å². The maximum atomic E-state index is 12.7. The molecule has 0 radical (unpaired) electrons. The van der Waals surface area contributed by atoms with E-state index in [1.807, 2.05) is 43.3 Å². The van der Waals surface area contributed by atoms with Crippen molar-refractivity contribution in [3.63, 3.8) is 0 Å². The van der Waals surface area contributed by atoms with E-state index in [0.717, 1.165) is 10.2 Å². The van der Waals surface area contributed by atoms with Crippen molar-refractivity contribution < 1.29 is 14.3 Å². The molecular formula is C20H20BrN3O3S. The SMILES string of the molecule is CCOc1cccc(NC(=O)[C@@H]2CC(=O)N(C)C(=Nc3ccc(Br)cc3)S2)c1. The fourth-order valence-electron chi connectivity index (χ4n) is 2.58. The highest BCUT2D eigenvalue weighted by Gasteiger charge is 2.34. The molecule has 1 aliphatic heterocycles. The number of ether oxygens (including phenoxy) is 1. The van der Waals surface area contributed by atoms with E-state index in [9.17, 15) is 9.59 Å². The van der Waals surface area contributed by atoms with E-state index in [0.29, 0.717) is 23.2 Å². The molecule has 146 valence electrons. The van der Waals surface area contributed by atoms with Gasteiger partial charge in [-0.1, -0.05) is 33.8 Å². The summed E-state index contributed by atoms with van der Waals surface area (Å²) in [6.45, 7) is 2.45. The van der Waals surface area contributed by atoms with Gasteiger partial charge in [0.25, 0.3) is 0 Å². The van der Waals surface area contributed by atoms with Crippen LogP contribution in [0.4, 0.5) is 11.4 Å². The number of carbonyl (C=O) groups is 2. The largest absolute Gasteiger partial charge is 0.494 e. The first-order valence-corrected chi connectivity index (χ1v) is 10.4. The molecule has 0 saturated carbocycles. The maximum Gasteiger partial charge on any atom is 0.238 e. The number of hydrogen-bond acceptors (Lipinski definition) is 5. The van der Waals surface area contributed by atoms with E-state index in [-0.39, 0.29) is 18.2 Å². The maximum absolute atomic E-state index is 12.7. The van der Waals surface area contributed by atoms with Crippen LogP contribution in [0.25, 0.3) is 0 Å². The Morgan fingerprint density at radius 2 is 2.07 bits per heavy atom. The molecule has 1 heterocycles. The topological polar surface area (TPSA) is 71.0 Å². The second-order valence-electron chi connectivity index (χ2n) is 6.08. The number of thioether (sulfide) groups is 1. The molecule has 28 heavy (non-hydrogen) atoms. The van der Waals surface area contributed by atoms with E-state index in [2.05, 4.69) is 26.2 Å². The third-order valence-electron chi connectivity index (χ3n) is 4.03. The fraction of sp³-hybridized carbons (Fsp3) is 0.250. The van der Waals surface area contributed by atoms with Gasteiger partial charge in [-0.05, 0) is 43.3 Å². The van der Waals surface area contributed by atoms with Gasteiger partial charge >= 0.3 is 0 Å². The molecule has 1 aliphatic rings. The van der Waals surface area contributed by atoms with E-state index < -0.39 is 5.25 Å². The number of anilines is 1. The predicted octanol–water partition coefficient (Wildman–Crippen LogP) is 4.44. The quantitative estimate of drug-likeness (QED) is 0.714. The van der Waals surface area contributed by atoms with Crippen LogP contribution in [0.5, 0.6) is 5.75 Å². The molecule has 0 aliphatic carbocycles. The average Bonchev–Trinajstić information content (AvgIpc) is 2.67. The number of carbonyl (C=O) groups excluding carboxylic acids is 2. The molecule has 0 unspecified atom stereocenters. The Balaban J connectivity index is 1.74. The standard InChI is InChI=1S/C20H20BrN3O3S/c1-3-27-16-6-4-5-15(11-16)22-19(26)17-12-18(25)24(2)20(28-17)23-14-9-7-13(21)8-10-14/h4-11,17H,3,12H2,1-2H3,(H,22,26)/t17-/m0/s1. The molecule has 8 heteroatoms. The summed E-state index contributed by atoms with van der Waals surface area (Å²) in [5.74, 6) is 0.311. The Hall–Kier alpha value is -2.32. The summed E-state index contributed by atoms with van der Waals surface area (Å²) in [4.78, 5) is 31.1. The van der Waals surface area contributed by atoms with Crippen molar-refractivity contribution in [3.8, 4) is 5.75 Å². The Labute approximate surface area is 176 Å². The second kappa shape index (κ2) is 9.25. The van der Waals surface area contributed by atoms with Crippen LogP contribution in [0.1, 0.15) is 13.3 Å². The van der Waals surface area contributed by atoms with Crippen molar-refractivity contribution in [2.24, 2.45) is 4.99 Å². The minimum absolute atomic E-state index is 0.123. The molecule has 2 aromatic carbocycles. The van der Waals surface area contributed by atoms with E-state index in [1.54, 1.807) is 19.2 Å². The number of halogens is 1. The summed E-state index contributed by atoms with van der Waals surface area (Å²) in [7, 11) is 1.67. The van der Waals surface area contributed by atoms with Crippen LogP contribution in [-0.4, -0.2) is 40.8 Å². The molecule has 0 aromatic heterocycles. The summed E-state index contributed by atoms with van der Waals surface area (Å²) in [6, 6.07) is 14.6. The molecular weight excluding hydrogens is 442 g/mol. The molecule has 1 atom stereocenters. The van der Waals surface area contributed by atoms with Crippen LogP contribution in [0.15, 0.2) is 58.0 Å². The van der Waals surface area contributed by atoms with Gasteiger partial charge in [-0.3, -0.25) is 14.5 Å². The smallest absolute Gasteiger partial charge is 0.238 e. The molecule has 3 rings (SSSR count). The Kier molecular flexibility index (Phi) is 6.74. The monoisotopic (exact) mass is 461 g/mol. The van der Waals surface area contributed by atoms with Crippen LogP contribution >= 0.6 is 27.7 Å². The van der Waals surface area contributed by atoms with Gasteiger partial charge in [-0.25, -0.2) is 4.99 Å². The Morgan fingerprint density at radius 3 is 2.79 bits per heavy atom. The van der Waals surface area contributed by atoms with Gasteiger partial charge in [0.05, 0.1) is 12.3 Å². The number of hydrogen-bond donors (Lipinski definition) is 1. The van der Waals surface area contributed by atoms with E-state index in [1.165, 1.54) is 16.7 Å². The highest BCUT2D eigenvalue weighted by atomic mass is 79.9. The van der Waals surface area contributed by atoms with Gasteiger partial charge in [-0.15, -0.1) is 0 Å². The third kappa shape index (κ3) is 5.14. The average molecular weight is 462 g/mol. The molecule has 0 bridgehead atoms. The highest BCUT2D eigenvalue weighted by Crippen LogP contribution is 2.29. The van der Waals surface area contributed by atoms with E-state index in [4.69, 9.17) is 4.74 Å². The van der Waals surface area contributed by atoms with Crippen molar-refractivity contribution in [1.82, 2.24) is 4.90 Å². The van der Waals surface area contributed by atoms with Crippen molar-refractivity contribution in [1.29, 1.82) is 0 Å². The minimum Gasteiger partial charge on any atom is -0.494 e. The van der Waals surface area contributed by atoms with Gasteiger partial charge in [-0.2, -0.15) is 0 Å². The minimum atomic E-state index is -0.548. The van der Waals surface area contributed by atoms with Gasteiger partial charge in [0.15, 0.2) is 5.17 Å². The summed E-state index contributed by atoms with van der Waals surface area (Å²) in [5.41, 5.74) is 1.35. The normalized spacial score (nSPS) is 18.2. The summed E-state index contributed by atoms with van der Waals surface area (Å²) in [6.07, 6.45) is 0.123. The molecule has 2 amide bonds. The van der Waals surface area contributed by atoms with Crippen LogP contribution in [-0.2, 0) is 9.59 Å². The second-order valence-corrected chi connectivity index (χ2v) is 8.17. The highest BCUT2D eigenvalue weighted by molar-refractivity contribution is 9.10. The predicted molar refractivity (Wildman–Crippen MR) is 116 cm³/mol. The summed E-state index contributed by atoms with van der Waals surface area (Å²) < 4.78 is 6.40. The first kappa shape index (κ1) is 20.4. The van der Waals surface area contributed by atoms with E-state index >= 15 is 0 Å². The molecule has 6 nitrogen and oxygen atoms in total. The number of nitrogens with one attached hydrogen (secondary N) is 1. The number of aliphatic imine (C=N–C) groups is 1. The Bertz CT molecular complexity index is 902. The lowest BCUT2D eigenvalue weighted by molar-refractivity contribution is -0.128. The van der Waals surface area contributed by atoms with Gasteiger partial charge in [0.1, 0.15) is 11.0 Å². The van der Waals surface area contributed by atoms with Crippen LogP contribution in [0.3, 0.4) is 0 Å². The lowest BCUT2D eigenvalue weighted by Crippen LogP contribution is -2.43. The first-order valence-electron chi connectivity index (χ1n) is 8.77. The number of benzene rings is 2. The lowest BCUT2D eigenvalue weighted by Gasteiger charge is -2.28. The van der Waals surface area contributed by atoms with Crippen molar-refractivity contribution in [2.75, 3.05) is 19.0 Å². The molecule has 1 saturated heterocycles. The van der Waals surface area contributed by atoms with Gasteiger partial charge in [0.2, 0.25) is 11.8 Å². The Morgan fingerprint density at radius 1 is 1.32 bits per heavy atom. The fourth-order valence-corrected chi connectivity index (χ4v) is 3.91. The zero-order chi connectivity index (χ0) is 20.1. The third-order valence-corrected chi connectivity index (χ3v) is 5.79. The summed E-state index contributed by atoms with van der Waals surface area (Å²) in [5, 5.41) is 2.82. The summed E-state index contributed by atoms with van der Waals surface area (Å²) >= 11 is 4.67. The molecule has 1 fully saturated rings. The molecule has 1 N–H and O–H groups in total. The number of amidine groups is 1. The number of nitrogens with zero attached hydrogens (tertiary/aromatic N) is 2.